The molecule has 9 rings (SSSR count). The molecule has 0 spiro atoms. The third kappa shape index (κ3) is 6.73. The van der Waals surface area contributed by atoms with Crippen LogP contribution in [0, 0.1) is 0 Å². The van der Waals surface area contributed by atoms with Crippen molar-refractivity contribution in [1.82, 2.24) is 4.49 Å². The lowest BCUT2D eigenvalue weighted by atomic mass is 9.79. The van der Waals surface area contributed by atoms with Crippen LogP contribution >= 0.6 is 7.75 Å². The summed E-state index contributed by atoms with van der Waals surface area (Å²) in [6, 6.07) is 56.5. The highest BCUT2D eigenvalue weighted by molar-refractivity contribution is 7.95. The molecule has 8 aromatic rings. The topological polar surface area (TPSA) is 81.7 Å². The number of hydrogen-bond donors (Lipinski definition) is 1. The summed E-state index contributed by atoms with van der Waals surface area (Å²) in [7, 11) is -11.9. The minimum absolute atomic E-state index is 0.0818. The Balaban J connectivity index is 1.47. The Morgan fingerprint density at radius 1 is 0.483 bits per heavy atom. The molecule has 1 aliphatic heterocycles. The van der Waals surface area contributed by atoms with Crippen molar-refractivity contribution < 1.29 is 35.2 Å². The van der Waals surface area contributed by atoms with Crippen LogP contribution in [0.1, 0.15) is 45.2 Å². The molecule has 0 bridgehead atoms. The maximum absolute atomic E-state index is 15.4. The maximum atomic E-state index is 15.4. The van der Waals surface area contributed by atoms with E-state index in [4.69, 9.17) is 9.05 Å². The Hall–Kier alpha value is -6.19. The molecule has 0 saturated heterocycles. The fourth-order valence-corrected chi connectivity index (χ4v) is 10.8. The first kappa shape index (κ1) is 37.4. The van der Waals surface area contributed by atoms with Crippen LogP contribution in [0.2, 0.25) is 0 Å². The molecule has 0 saturated carbocycles. The van der Waals surface area contributed by atoms with Crippen molar-refractivity contribution in [1.29, 1.82) is 0 Å². The van der Waals surface area contributed by atoms with Crippen molar-refractivity contribution in [3.05, 3.63) is 215 Å². The minimum atomic E-state index is -6.30. The molecule has 0 aromatic heterocycles. The second-order valence-corrected chi connectivity index (χ2v) is 17.6. The molecule has 0 aliphatic carbocycles. The summed E-state index contributed by atoms with van der Waals surface area (Å²) in [5.41, 5.74) is -0.979. The van der Waals surface area contributed by atoms with E-state index >= 15 is 4.57 Å². The monoisotopic (exact) mass is 811 g/mol. The van der Waals surface area contributed by atoms with Crippen molar-refractivity contribution in [2.45, 2.75) is 17.3 Å². The predicted octanol–water partition coefficient (Wildman–Crippen LogP) is 12.3. The van der Waals surface area contributed by atoms with Gasteiger partial charge in [-0.05, 0) is 55.9 Å². The largest absolute Gasteiger partial charge is 0.526 e. The molecule has 1 heterocycles. The van der Waals surface area contributed by atoms with Crippen LogP contribution in [0.25, 0.3) is 32.7 Å². The van der Waals surface area contributed by atoms with Crippen LogP contribution in [0.4, 0.5) is 13.2 Å². The smallest absolute Gasteiger partial charge is 0.403 e. The number of benzene rings is 8. The van der Waals surface area contributed by atoms with Gasteiger partial charge in [-0.25, -0.2) is 13.0 Å². The van der Waals surface area contributed by atoms with Gasteiger partial charge in [0.05, 0.1) is 0 Å². The normalized spacial score (nSPS) is 13.7. The highest BCUT2D eigenvalue weighted by Crippen LogP contribution is 2.62. The minimum Gasteiger partial charge on any atom is -0.403 e. The molecule has 288 valence electrons. The van der Waals surface area contributed by atoms with Gasteiger partial charge in [-0.3, -0.25) is 0 Å². The number of sulfonamides is 1. The number of fused-ring (bicyclic) bond motifs is 7. The first-order valence-electron chi connectivity index (χ1n) is 18.4. The molecule has 0 fully saturated rings. The zero-order valence-corrected chi connectivity index (χ0v) is 32.2. The van der Waals surface area contributed by atoms with Crippen molar-refractivity contribution in [3.63, 3.8) is 0 Å². The molecule has 0 atom stereocenters. The lowest BCUT2D eigenvalue weighted by Crippen LogP contribution is -2.36. The van der Waals surface area contributed by atoms with Crippen LogP contribution in [0.5, 0.6) is 11.5 Å². The first-order valence-corrected chi connectivity index (χ1v) is 21.4. The molecule has 1 aliphatic rings. The summed E-state index contributed by atoms with van der Waals surface area (Å²) in [4.78, 5) is 0. The van der Waals surface area contributed by atoms with Crippen molar-refractivity contribution >= 4 is 39.3 Å². The Morgan fingerprint density at radius 3 is 1.12 bits per heavy atom. The molecule has 0 radical (unpaired) electrons. The molecule has 11 heteroatoms. The van der Waals surface area contributed by atoms with Crippen LogP contribution in [0.3, 0.4) is 0 Å². The van der Waals surface area contributed by atoms with E-state index in [9.17, 15) is 21.6 Å². The number of rotatable bonds is 8. The Morgan fingerprint density at radius 2 is 0.793 bits per heavy atom. The summed E-state index contributed by atoms with van der Waals surface area (Å²) in [6.07, 6.45) is 0. The first-order chi connectivity index (χ1) is 28.0. The van der Waals surface area contributed by atoms with Crippen LogP contribution in [-0.4, -0.2) is 13.9 Å². The van der Waals surface area contributed by atoms with E-state index in [1.165, 1.54) is 4.49 Å². The quantitative estimate of drug-likeness (QED) is 0.122. The second kappa shape index (κ2) is 14.6. The number of hydrogen-bond acceptors (Lipinski definition) is 5. The van der Waals surface area contributed by atoms with Gasteiger partial charge in [0.2, 0.25) is 0 Å². The van der Waals surface area contributed by atoms with E-state index in [0.717, 1.165) is 33.0 Å². The molecule has 1 N–H and O–H groups in total. The lowest BCUT2D eigenvalue weighted by Gasteiger charge is -2.26. The SMILES string of the molecule is O=P1(NS(=O)(=O)C(F)(F)F)Oc2c(C(c3ccccc3)c3ccccc3)cc3ccccc3c2-c2c(c(C(c3ccccc3)c3ccccc3)cc3ccccc23)O1. The molecule has 0 unspecified atom stereocenters. The van der Waals surface area contributed by atoms with E-state index in [1.807, 2.05) is 182 Å². The predicted molar refractivity (Wildman–Crippen MR) is 222 cm³/mol. The summed E-state index contributed by atoms with van der Waals surface area (Å²) in [5, 5.41) is 2.76. The zero-order chi connectivity index (χ0) is 40.1. The summed E-state index contributed by atoms with van der Waals surface area (Å²) in [5.74, 6) is -1.40. The van der Waals surface area contributed by atoms with Crippen molar-refractivity contribution in [2.75, 3.05) is 0 Å². The third-order valence-corrected chi connectivity index (χ3v) is 13.7. The number of nitrogens with one attached hydrogen (secondary N) is 1. The van der Waals surface area contributed by atoms with Gasteiger partial charge in [0.15, 0.2) is 0 Å². The van der Waals surface area contributed by atoms with Crippen molar-refractivity contribution in [2.24, 2.45) is 0 Å². The average molecular weight is 812 g/mol. The Labute approximate surface area is 333 Å². The Kier molecular flexibility index (Phi) is 9.43. The molecule has 0 amide bonds. The van der Waals surface area contributed by atoms with Gasteiger partial charge in [0, 0.05) is 34.1 Å². The number of alkyl halides is 3. The molecular formula is C47H33F3NO5PS. The zero-order valence-electron chi connectivity index (χ0n) is 30.5. The fourth-order valence-electron chi connectivity index (χ4n) is 8.00. The van der Waals surface area contributed by atoms with Crippen molar-refractivity contribution in [3.8, 4) is 22.6 Å². The average Bonchev–Trinajstić information content (AvgIpc) is 3.36. The van der Waals surface area contributed by atoms with Gasteiger partial charge >= 0.3 is 23.3 Å². The fraction of sp³-hybridized carbons (Fsp3) is 0.0638. The van der Waals surface area contributed by atoms with E-state index in [-0.39, 0.29) is 11.5 Å². The van der Waals surface area contributed by atoms with Gasteiger partial charge < -0.3 is 9.05 Å². The van der Waals surface area contributed by atoms with E-state index < -0.39 is 35.1 Å². The summed E-state index contributed by atoms with van der Waals surface area (Å²) < 4.78 is 98.4. The molecule has 6 nitrogen and oxygen atoms in total. The third-order valence-electron chi connectivity index (χ3n) is 10.4. The van der Waals surface area contributed by atoms with Crippen LogP contribution in [0.15, 0.2) is 182 Å². The highest BCUT2D eigenvalue weighted by Gasteiger charge is 2.53. The highest BCUT2D eigenvalue weighted by atomic mass is 32.2. The molecule has 58 heavy (non-hydrogen) atoms. The number of halogens is 3. The molecular weight excluding hydrogens is 779 g/mol. The van der Waals surface area contributed by atoms with Gasteiger partial charge in [-0.15, -0.1) is 0 Å². The van der Waals surface area contributed by atoms with Crippen LogP contribution in [-0.2, 0) is 14.6 Å². The lowest BCUT2D eigenvalue weighted by molar-refractivity contribution is -0.0443. The standard InChI is InChI=1S/C47H33F3NO5PS/c48-47(49,50)58(53,54)51-57(52)55-45-39(41(31-17-5-1-6-18-31)32-19-7-2-8-20-32)29-35-25-13-15-27-37(35)43(45)44-38-28-16-14-26-36(38)30-40(46(44)56-57)42(33-21-9-3-10-22-33)34-23-11-4-12-24-34/h1-30,41-42H,(H,51,52). The maximum Gasteiger partial charge on any atom is 0.526 e. The summed E-state index contributed by atoms with van der Waals surface area (Å²) in [6.45, 7) is 0. The van der Waals surface area contributed by atoms with E-state index in [1.54, 1.807) is 0 Å². The van der Waals surface area contributed by atoms with E-state index in [0.29, 0.717) is 33.0 Å². The van der Waals surface area contributed by atoms with E-state index in [2.05, 4.69) is 0 Å². The Bertz CT molecular complexity index is 2710. The second-order valence-electron chi connectivity index (χ2n) is 14.0. The van der Waals surface area contributed by atoms with Gasteiger partial charge in [-0.1, -0.05) is 174 Å². The van der Waals surface area contributed by atoms with Crippen LogP contribution < -0.4 is 13.5 Å². The molecule has 8 aromatic carbocycles. The van der Waals surface area contributed by atoms with Gasteiger partial charge in [0.1, 0.15) is 11.5 Å². The summed E-state index contributed by atoms with van der Waals surface area (Å²) >= 11 is 0. The van der Waals surface area contributed by atoms with Gasteiger partial charge in [-0.2, -0.15) is 13.2 Å². The van der Waals surface area contributed by atoms with Gasteiger partial charge in [0.25, 0.3) is 0 Å².